The highest BCUT2D eigenvalue weighted by Gasteiger charge is 2.24. The first-order valence-electron chi connectivity index (χ1n) is 8.94. The molecule has 5 heteroatoms. The fourth-order valence-corrected chi connectivity index (χ4v) is 3.56. The molecule has 130 valence electrons. The van der Waals surface area contributed by atoms with E-state index in [9.17, 15) is 9.59 Å². The van der Waals surface area contributed by atoms with E-state index in [-0.39, 0.29) is 17.7 Å². The highest BCUT2D eigenvalue weighted by atomic mass is 16.2. The number of nitrogens with one attached hydrogen (secondary N) is 1. The van der Waals surface area contributed by atoms with Crippen molar-refractivity contribution in [3.05, 3.63) is 35.4 Å². The van der Waals surface area contributed by atoms with Gasteiger partial charge in [0.1, 0.15) is 0 Å². The zero-order valence-corrected chi connectivity index (χ0v) is 14.5. The van der Waals surface area contributed by atoms with Crippen LogP contribution in [0, 0.1) is 5.92 Å². The predicted octanol–water partition coefficient (Wildman–Crippen LogP) is 1.77. The molecular weight excluding hydrogens is 302 g/mol. The number of likely N-dealkylation sites (tertiary alicyclic amines) is 2. The smallest absolute Gasteiger partial charge is 0.223 e. The fraction of sp³-hybridized carbons (Fsp3) is 0.579. The van der Waals surface area contributed by atoms with Gasteiger partial charge in [-0.1, -0.05) is 24.3 Å². The van der Waals surface area contributed by atoms with Gasteiger partial charge < -0.3 is 15.1 Å². The molecule has 5 nitrogen and oxygen atoms in total. The van der Waals surface area contributed by atoms with Crippen molar-refractivity contribution in [3.63, 3.8) is 0 Å². The summed E-state index contributed by atoms with van der Waals surface area (Å²) in [6.07, 6.45) is 3.49. The second kappa shape index (κ2) is 7.79. The quantitative estimate of drug-likeness (QED) is 0.896. The summed E-state index contributed by atoms with van der Waals surface area (Å²) >= 11 is 0. The second-order valence-corrected chi connectivity index (χ2v) is 6.98. The lowest BCUT2D eigenvalue weighted by Crippen LogP contribution is -2.38. The lowest BCUT2D eigenvalue weighted by molar-refractivity contribution is -0.128. The van der Waals surface area contributed by atoms with Gasteiger partial charge in [0, 0.05) is 32.0 Å². The van der Waals surface area contributed by atoms with E-state index in [0.29, 0.717) is 19.5 Å². The summed E-state index contributed by atoms with van der Waals surface area (Å²) in [6.45, 7) is 4.02. The monoisotopic (exact) mass is 329 g/mol. The van der Waals surface area contributed by atoms with Crippen LogP contribution >= 0.6 is 0 Å². The Labute approximate surface area is 144 Å². The highest BCUT2D eigenvalue weighted by molar-refractivity contribution is 5.79. The lowest BCUT2D eigenvalue weighted by Gasteiger charge is -2.28. The van der Waals surface area contributed by atoms with Gasteiger partial charge in [0.2, 0.25) is 11.8 Å². The van der Waals surface area contributed by atoms with Crippen molar-refractivity contribution >= 4 is 11.8 Å². The van der Waals surface area contributed by atoms with Gasteiger partial charge >= 0.3 is 0 Å². The SMILES string of the molecule is CN1CCC(C(=O)NCc2ccccc2CN2CCCC2=O)CC1. The van der Waals surface area contributed by atoms with Gasteiger partial charge in [0.25, 0.3) is 0 Å². The summed E-state index contributed by atoms with van der Waals surface area (Å²) in [5.74, 6) is 0.531. The molecule has 1 aromatic rings. The Morgan fingerprint density at radius 1 is 1.17 bits per heavy atom. The third-order valence-corrected chi connectivity index (χ3v) is 5.19. The largest absolute Gasteiger partial charge is 0.352 e. The van der Waals surface area contributed by atoms with Crippen molar-refractivity contribution in [2.75, 3.05) is 26.7 Å². The second-order valence-electron chi connectivity index (χ2n) is 6.98. The van der Waals surface area contributed by atoms with Crippen LogP contribution in [0.15, 0.2) is 24.3 Å². The number of piperidine rings is 1. The first-order chi connectivity index (χ1) is 11.6. The Morgan fingerprint density at radius 3 is 2.54 bits per heavy atom. The molecule has 0 radical (unpaired) electrons. The molecule has 0 unspecified atom stereocenters. The summed E-state index contributed by atoms with van der Waals surface area (Å²) in [6, 6.07) is 8.10. The van der Waals surface area contributed by atoms with Crippen molar-refractivity contribution < 1.29 is 9.59 Å². The van der Waals surface area contributed by atoms with Crippen LogP contribution in [-0.2, 0) is 22.7 Å². The van der Waals surface area contributed by atoms with E-state index in [1.54, 1.807) is 0 Å². The minimum absolute atomic E-state index is 0.133. The van der Waals surface area contributed by atoms with Gasteiger partial charge in [0.15, 0.2) is 0 Å². The summed E-state index contributed by atoms with van der Waals surface area (Å²) in [5, 5.41) is 3.10. The van der Waals surface area contributed by atoms with Gasteiger partial charge in [-0.25, -0.2) is 0 Å². The number of hydrogen-bond acceptors (Lipinski definition) is 3. The van der Waals surface area contributed by atoms with Crippen molar-refractivity contribution in [2.24, 2.45) is 5.92 Å². The minimum Gasteiger partial charge on any atom is -0.352 e. The first kappa shape index (κ1) is 17.0. The Hall–Kier alpha value is -1.88. The highest BCUT2D eigenvalue weighted by Crippen LogP contribution is 2.19. The van der Waals surface area contributed by atoms with E-state index in [1.165, 1.54) is 0 Å². The molecule has 2 heterocycles. The molecule has 2 saturated heterocycles. The van der Waals surface area contributed by atoms with Gasteiger partial charge in [-0.2, -0.15) is 0 Å². The van der Waals surface area contributed by atoms with Gasteiger partial charge in [-0.3, -0.25) is 9.59 Å². The third kappa shape index (κ3) is 4.15. The Bertz CT molecular complexity index is 594. The van der Waals surface area contributed by atoms with Crippen LogP contribution < -0.4 is 5.32 Å². The molecule has 2 aliphatic rings. The number of hydrogen-bond donors (Lipinski definition) is 1. The summed E-state index contributed by atoms with van der Waals surface area (Å²) < 4.78 is 0. The van der Waals surface area contributed by atoms with Crippen LogP contribution in [0.2, 0.25) is 0 Å². The maximum atomic E-state index is 12.4. The molecule has 3 rings (SSSR count). The molecule has 0 bridgehead atoms. The predicted molar refractivity (Wildman–Crippen MR) is 93.2 cm³/mol. The van der Waals surface area contributed by atoms with E-state index in [2.05, 4.69) is 23.3 Å². The zero-order valence-electron chi connectivity index (χ0n) is 14.5. The summed E-state index contributed by atoms with van der Waals surface area (Å²) in [7, 11) is 2.10. The molecular formula is C19H27N3O2. The molecule has 1 N–H and O–H groups in total. The number of carbonyl (C=O) groups is 2. The van der Waals surface area contributed by atoms with Crippen molar-refractivity contribution in [1.82, 2.24) is 15.1 Å². The zero-order chi connectivity index (χ0) is 16.9. The number of benzene rings is 1. The van der Waals surface area contributed by atoms with Gasteiger partial charge in [-0.15, -0.1) is 0 Å². The third-order valence-electron chi connectivity index (χ3n) is 5.19. The standard InChI is InChI=1S/C19H27N3O2/c1-21-11-8-15(9-12-21)19(24)20-13-16-5-2-3-6-17(16)14-22-10-4-7-18(22)23/h2-3,5-6,15H,4,7-14H2,1H3,(H,20,24). The number of nitrogens with zero attached hydrogens (tertiary/aromatic N) is 2. The molecule has 2 aliphatic heterocycles. The molecule has 2 fully saturated rings. The van der Waals surface area contributed by atoms with Crippen LogP contribution in [0.3, 0.4) is 0 Å². The van der Waals surface area contributed by atoms with Crippen LogP contribution in [0.5, 0.6) is 0 Å². The topological polar surface area (TPSA) is 52.7 Å². The summed E-state index contributed by atoms with van der Waals surface area (Å²) in [5.41, 5.74) is 2.25. The average molecular weight is 329 g/mol. The minimum atomic E-state index is 0.133. The molecule has 0 spiro atoms. The number of amides is 2. The van der Waals surface area contributed by atoms with Crippen LogP contribution in [0.1, 0.15) is 36.8 Å². The Kier molecular flexibility index (Phi) is 5.51. The van der Waals surface area contributed by atoms with E-state index < -0.39 is 0 Å². The van der Waals surface area contributed by atoms with Crippen LogP contribution in [0.4, 0.5) is 0 Å². The Morgan fingerprint density at radius 2 is 1.88 bits per heavy atom. The average Bonchev–Trinajstić information content (AvgIpc) is 2.99. The molecule has 0 aromatic heterocycles. The van der Waals surface area contributed by atoms with Crippen LogP contribution in [-0.4, -0.2) is 48.3 Å². The molecule has 1 aromatic carbocycles. The van der Waals surface area contributed by atoms with E-state index in [1.807, 2.05) is 23.1 Å². The summed E-state index contributed by atoms with van der Waals surface area (Å²) in [4.78, 5) is 28.4. The van der Waals surface area contributed by atoms with Crippen molar-refractivity contribution in [1.29, 1.82) is 0 Å². The van der Waals surface area contributed by atoms with Crippen molar-refractivity contribution in [3.8, 4) is 0 Å². The lowest BCUT2D eigenvalue weighted by atomic mass is 9.96. The van der Waals surface area contributed by atoms with E-state index in [0.717, 1.165) is 50.0 Å². The number of rotatable bonds is 5. The normalized spacial score (nSPS) is 19.7. The molecule has 0 atom stereocenters. The fourth-order valence-electron chi connectivity index (χ4n) is 3.56. The van der Waals surface area contributed by atoms with E-state index in [4.69, 9.17) is 0 Å². The maximum absolute atomic E-state index is 12.4. The molecule has 0 aliphatic carbocycles. The number of carbonyl (C=O) groups excluding carboxylic acids is 2. The van der Waals surface area contributed by atoms with Gasteiger partial charge in [0.05, 0.1) is 0 Å². The van der Waals surface area contributed by atoms with Crippen LogP contribution in [0.25, 0.3) is 0 Å². The first-order valence-corrected chi connectivity index (χ1v) is 8.94. The maximum Gasteiger partial charge on any atom is 0.223 e. The molecule has 2 amide bonds. The Balaban J connectivity index is 1.57. The van der Waals surface area contributed by atoms with Gasteiger partial charge in [-0.05, 0) is 50.5 Å². The van der Waals surface area contributed by atoms with E-state index >= 15 is 0 Å². The molecule has 0 saturated carbocycles. The molecule has 24 heavy (non-hydrogen) atoms. The van der Waals surface area contributed by atoms with Crippen molar-refractivity contribution in [2.45, 2.75) is 38.8 Å².